The van der Waals surface area contributed by atoms with Crippen LogP contribution in [0.3, 0.4) is 0 Å². The largest absolute Gasteiger partial charge is 0.455 e. The van der Waals surface area contributed by atoms with Gasteiger partial charge in [0.15, 0.2) is 0 Å². The van der Waals surface area contributed by atoms with Gasteiger partial charge < -0.3 is 22.1 Å². The minimum Gasteiger partial charge on any atom is -0.455 e. The number of benzene rings is 24. The number of rotatable bonds is 7. The normalized spacial score (nSPS) is 12.1. The van der Waals surface area contributed by atoms with Crippen LogP contribution in [0.4, 0.5) is 0 Å². The number of furan rings is 5. The van der Waals surface area contributed by atoms with Gasteiger partial charge in [-0.05, 0) is 185 Å². The van der Waals surface area contributed by atoms with Crippen molar-refractivity contribution in [2.75, 3.05) is 0 Å². The van der Waals surface area contributed by atoms with E-state index in [1.165, 1.54) is 64.8 Å². The predicted octanol–water partition coefficient (Wildman–Crippen LogP) is 38.8. The molecule has 147 heavy (non-hydrogen) atoms. The summed E-state index contributed by atoms with van der Waals surface area (Å²) in [5.41, 5.74) is 27.5. The second-order valence-electron chi connectivity index (χ2n) is 38.6. The molecular formula is C138H78N4O5. The molecule has 0 saturated carbocycles. The first kappa shape index (κ1) is 82.0. The Bertz CT molecular complexity index is 11400. The Labute approximate surface area is 837 Å². The van der Waals surface area contributed by atoms with E-state index in [9.17, 15) is 0 Å². The Morgan fingerprint density at radius 3 is 0.946 bits per heavy atom. The van der Waals surface area contributed by atoms with Gasteiger partial charge in [-0.25, -0.2) is 19.9 Å². The molecule has 0 spiro atoms. The van der Waals surface area contributed by atoms with Gasteiger partial charge >= 0.3 is 0 Å². The smallest absolute Gasteiger partial charge is 0.144 e. The minimum absolute atomic E-state index is 0.892. The van der Waals surface area contributed by atoms with E-state index in [0.29, 0.717) is 0 Å². The summed E-state index contributed by atoms with van der Waals surface area (Å²) in [6.07, 6.45) is 0. The monoisotopic (exact) mass is 1870 g/mol. The number of nitrogens with zero attached hydrogens (tertiary/aromatic N) is 4. The van der Waals surface area contributed by atoms with E-state index in [4.69, 9.17) is 42.0 Å². The molecule has 0 aliphatic rings. The zero-order valence-electron chi connectivity index (χ0n) is 78.9. The quantitative estimate of drug-likeness (QED) is 0.144. The molecule has 33 aromatic rings. The molecule has 9 heteroatoms. The maximum atomic E-state index is 6.78. The topological polar surface area (TPSA) is 117 Å². The summed E-state index contributed by atoms with van der Waals surface area (Å²) < 4.78 is 33.2. The highest BCUT2D eigenvalue weighted by Crippen LogP contribution is 2.52. The van der Waals surface area contributed by atoms with Crippen LogP contribution in [0.25, 0.3) is 329 Å². The second kappa shape index (κ2) is 32.4. The van der Waals surface area contributed by atoms with Gasteiger partial charge in [-0.1, -0.05) is 364 Å². The lowest BCUT2D eigenvalue weighted by atomic mass is 9.89. The average molecular weight is 1870 g/mol. The molecule has 0 fully saturated rings. The van der Waals surface area contributed by atoms with Gasteiger partial charge in [0.1, 0.15) is 55.8 Å². The van der Waals surface area contributed by atoms with E-state index >= 15 is 0 Å². The standard InChI is InChI=1S/C48H28N2O.2C45H25NO2/c1-2-12-30(13-3-1)47-40-28-39(32-14-4-5-16-34(32)44(40)36-17-6-9-19-41(36)50-47)29-22-24-31(25-23-29)46-38-27-26-35-33-15-8-11-21-43(33)51-48(35)45(38)37-18-7-10-20-42(37)49-46;1-3-14-30-26(10-1)20-23-39-41(30)42-31-15-4-2-11-28(31)25-36(45(42)48-39)27-12-9-13-29(24-27)43-35-22-21-33-32-16-6-8-19-38(32)47-44(33)40(35)34-17-5-7-18-37(34)46-43;1-2-11-27-25-40-37(23-26(27)10-1)41-31-15-4-3-12-29(31)24-36(45(41)48-40)28-13-9-14-30(22-28)43-35-21-20-33-32-16-6-8-19-39(32)47-44(33)42(35)34-17-5-7-18-38(34)46-43/h1-28H;2*1-25H. The molecule has 0 atom stereocenters. The fourth-order valence-electron chi connectivity index (χ4n) is 23.8. The molecule has 0 amide bonds. The van der Waals surface area contributed by atoms with Crippen molar-refractivity contribution in [3.05, 3.63) is 473 Å². The molecule has 24 aromatic carbocycles. The fourth-order valence-corrected chi connectivity index (χ4v) is 23.8. The van der Waals surface area contributed by atoms with Crippen LogP contribution in [0.15, 0.2) is 495 Å². The third-order valence-corrected chi connectivity index (χ3v) is 30.4. The molecule has 9 nitrogen and oxygen atoms in total. The number of hydrogen-bond donors (Lipinski definition) is 0. The predicted molar refractivity (Wildman–Crippen MR) is 613 cm³/mol. The maximum absolute atomic E-state index is 6.78. The van der Waals surface area contributed by atoms with E-state index in [1.807, 2.05) is 36.4 Å². The summed E-state index contributed by atoms with van der Waals surface area (Å²) in [6, 6.07) is 167. The Morgan fingerprint density at radius 2 is 0.449 bits per heavy atom. The van der Waals surface area contributed by atoms with Gasteiger partial charge in [-0.15, -0.1) is 0 Å². The number of pyridine rings is 4. The fraction of sp³-hybridized carbons (Fsp3) is 0. The summed E-state index contributed by atoms with van der Waals surface area (Å²) >= 11 is 0. The molecule has 0 unspecified atom stereocenters. The lowest BCUT2D eigenvalue weighted by Gasteiger charge is -2.16. The average Bonchev–Trinajstić information content (AvgIpc) is 1.44. The molecule has 9 aromatic heterocycles. The van der Waals surface area contributed by atoms with Gasteiger partial charge in [0.25, 0.3) is 0 Å². The number of para-hydroxylation sites is 7. The highest BCUT2D eigenvalue weighted by molar-refractivity contribution is 6.33. The first-order chi connectivity index (χ1) is 72.9. The molecule has 0 N–H and O–H groups in total. The SMILES string of the molecule is c1cc(-c2nc3ccccc3c3c2ccc2c4ccccc4oc23)cc(-c2cc3ccccc3c3c2oc2cc4ccccc4cc23)c1.c1cc(-c2nc3ccccc3c3c2ccc2c4ccccc4oc23)cc(-c2cc3ccccc3c3c2oc2ccc4ccccc4c23)c1.c1ccc(-c2nc3ccccc3c3c2cc(-c2ccc(-c4nc5ccccc5c5c4ccc4c6ccccc6oc45)cc2)c2ccccc23)cc1. The molecule has 9 heterocycles. The highest BCUT2D eigenvalue weighted by Gasteiger charge is 2.28. The van der Waals surface area contributed by atoms with Crippen LogP contribution in [0.1, 0.15) is 0 Å². The Hall–Kier alpha value is -19.7. The van der Waals surface area contributed by atoms with Crippen molar-refractivity contribution in [2.45, 2.75) is 0 Å². The first-order valence-electron chi connectivity index (χ1n) is 49.9. The molecule has 0 bridgehead atoms. The molecule has 0 saturated heterocycles. The summed E-state index contributed by atoms with van der Waals surface area (Å²) in [7, 11) is 0. The van der Waals surface area contributed by atoms with E-state index in [2.05, 4.69) is 437 Å². The van der Waals surface area contributed by atoms with E-state index < -0.39 is 0 Å². The molecule has 0 radical (unpaired) electrons. The zero-order chi connectivity index (χ0) is 96.2. The molecular weight excluding hydrogens is 1790 g/mol. The Morgan fingerprint density at radius 1 is 0.122 bits per heavy atom. The van der Waals surface area contributed by atoms with Gasteiger partial charge in [0.2, 0.25) is 0 Å². The zero-order valence-corrected chi connectivity index (χ0v) is 78.9. The van der Waals surface area contributed by atoms with Crippen molar-refractivity contribution in [3.8, 4) is 78.4 Å². The van der Waals surface area contributed by atoms with Crippen LogP contribution < -0.4 is 0 Å². The van der Waals surface area contributed by atoms with Gasteiger partial charge in [0.05, 0.1) is 44.8 Å². The number of aromatic nitrogens is 4. The van der Waals surface area contributed by atoms with Crippen LogP contribution in [0, 0.1) is 0 Å². The maximum Gasteiger partial charge on any atom is 0.144 e. The number of hydrogen-bond acceptors (Lipinski definition) is 9. The first-order valence-corrected chi connectivity index (χ1v) is 49.9. The van der Waals surface area contributed by atoms with E-state index in [1.54, 1.807) is 0 Å². The molecule has 0 aliphatic carbocycles. The van der Waals surface area contributed by atoms with Crippen molar-refractivity contribution >= 4 is 250 Å². The highest BCUT2D eigenvalue weighted by atomic mass is 16.3. The van der Waals surface area contributed by atoms with Crippen LogP contribution in [0.5, 0.6) is 0 Å². The molecule has 0 aliphatic heterocycles. The van der Waals surface area contributed by atoms with Crippen LogP contribution in [0.2, 0.25) is 0 Å². The van der Waals surface area contributed by atoms with Crippen molar-refractivity contribution in [1.82, 2.24) is 19.9 Å². The third kappa shape index (κ3) is 12.8. The van der Waals surface area contributed by atoms with Crippen molar-refractivity contribution in [3.63, 3.8) is 0 Å². The van der Waals surface area contributed by atoms with Crippen molar-refractivity contribution in [1.29, 1.82) is 0 Å². The van der Waals surface area contributed by atoms with Crippen LogP contribution >= 0.6 is 0 Å². The van der Waals surface area contributed by atoms with Crippen molar-refractivity contribution in [2.24, 2.45) is 0 Å². The van der Waals surface area contributed by atoms with Gasteiger partial charge in [-0.2, -0.15) is 0 Å². The summed E-state index contributed by atoms with van der Waals surface area (Å²) in [4.78, 5) is 21.1. The molecule has 33 rings (SSSR count). The summed E-state index contributed by atoms with van der Waals surface area (Å²) in [5, 5.41) is 36.6. The third-order valence-electron chi connectivity index (χ3n) is 30.4. The van der Waals surface area contributed by atoms with E-state index in [-0.39, 0.29) is 0 Å². The minimum atomic E-state index is 0.892. The Kier molecular flexibility index (Phi) is 18.1. The van der Waals surface area contributed by atoms with Crippen molar-refractivity contribution < 1.29 is 22.1 Å². The van der Waals surface area contributed by atoms with Crippen LogP contribution in [-0.4, -0.2) is 19.9 Å². The number of fused-ring (bicyclic) bond motifs is 39. The van der Waals surface area contributed by atoms with Gasteiger partial charge in [0, 0.05) is 152 Å². The second-order valence-corrected chi connectivity index (χ2v) is 38.6. The van der Waals surface area contributed by atoms with E-state index in [0.717, 1.165) is 264 Å². The van der Waals surface area contributed by atoms with Crippen LogP contribution in [-0.2, 0) is 0 Å². The summed E-state index contributed by atoms with van der Waals surface area (Å²) in [6.45, 7) is 0. The Balaban J connectivity index is 0.0000001000. The lowest BCUT2D eigenvalue weighted by molar-refractivity contribution is 0.670. The summed E-state index contributed by atoms with van der Waals surface area (Å²) in [5.74, 6) is 0. The molecule has 680 valence electrons. The lowest BCUT2D eigenvalue weighted by Crippen LogP contribution is -1.93. The van der Waals surface area contributed by atoms with Gasteiger partial charge in [-0.3, -0.25) is 0 Å².